The van der Waals surface area contributed by atoms with E-state index in [1.165, 1.54) is 44.2 Å². The van der Waals surface area contributed by atoms with Crippen LogP contribution in [0.4, 0.5) is 0 Å². The maximum Gasteiger partial charge on any atom is 0.160 e. The van der Waals surface area contributed by atoms with Crippen molar-refractivity contribution in [2.75, 3.05) is 6.54 Å². The average Bonchev–Trinajstić information content (AvgIpc) is 2.41. The SMILES string of the molecule is Oc1ccc2c(c1O)CCC1[C@H]2CCCN1C1CCC1. The molecule has 108 valence electrons. The number of rotatable bonds is 1. The number of hydrogen-bond donors (Lipinski definition) is 2. The molecule has 20 heavy (non-hydrogen) atoms. The fourth-order valence-corrected chi connectivity index (χ4v) is 4.53. The van der Waals surface area contributed by atoms with Crippen LogP contribution in [-0.2, 0) is 6.42 Å². The third-order valence-electron chi connectivity index (χ3n) is 5.75. The Morgan fingerprint density at radius 3 is 2.60 bits per heavy atom. The van der Waals surface area contributed by atoms with Gasteiger partial charge in [0.2, 0.25) is 0 Å². The van der Waals surface area contributed by atoms with E-state index in [2.05, 4.69) is 4.90 Å². The van der Waals surface area contributed by atoms with Crippen molar-refractivity contribution in [3.8, 4) is 11.5 Å². The van der Waals surface area contributed by atoms with Gasteiger partial charge >= 0.3 is 0 Å². The molecule has 1 aromatic carbocycles. The van der Waals surface area contributed by atoms with Gasteiger partial charge in [0.25, 0.3) is 0 Å². The van der Waals surface area contributed by atoms with Crippen LogP contribution in [-0.4, -0.2) is 33.7 Å². The van der Waals surface area contributed by atoms with Crippen LogP contribution in [0.3, 0.4) is 0 Å². The Bertz CT molecular complexity index is 524. The third-order valence-corrected chi connectivity index (χ3v) is 5.75. The smallest absolute Gasteiger partial charge is 0.160 e. The van der Waals surface area contributed by atoms with Gasteiger partial charge in [-0.25, -0.2) is 0 Å². The second-order valence-electron chi connectivity index (χ2n) is 6.68. The molecule has 2 atom stereocenters. The lowest BCUT2D eigenvalue weighted by Crippen LogP contribution is -2.53. The molecule has 1 heterocycles. The topological polar surface area (TPSA) is 43.7 Å². The van der Waals surface area contributed by atoms with E-state index in [0.717, 1.165) is 24.4 Å². The summed E-state index contributed by atoms with van der Waals surface area (Å²) in [5.74, 6) is 0.718. The van der Waals surface area contributed by atoms with Crippen molar-refractivity contribution in [3.63, 3.8) is 0 Å². The molecule has 1 saturated carbocycles. The molecule has 0 spiro atoms. The van der Waals surface area contributed by atoms with E-state index in [4.69, 9.17) is 0 Å². The molecule has 0 amide bonds. The summed E-state index contributed by atoms with van der Waals surface area (Å²) >= 11 is 0. The van der Waals surface area contributed by atoms with Crippen LogP contribution < -0.4 is 0 Å². The van der Waals surface area contributed by atoms with Crippen molar-refractivity contribution in [3.05, 3.63) is 23.3 Å². The first-order chi connectivity index (χ1) is 9.75. The van der Waals surface area contributed by atoms with Crippen LogP contribution in [0.1, 0.15) is 55.6 Å². The van der Waals surface area contributed by atoms with E-state index >= 15 is 0 Å². The Kier molecular flexibility index (Phi) is 2.92. The summed E-state index contributed by atoms with van der Waals surface area (Å²) in [6.45, 7) is 1.26. The van der Waals surface area contributed by atoms with Gasteiger partial charge in [0, 0.05) is 17.6 Å². The number of benzene rings is 1. The summed E-state index contributed by atoms with van der Waals surface area (Å²) in [4.78, 5) is 2.75. The first-order valence-electron chi connectivity index (χ1n) is 8.05. The lowest BCUT2D eigenvalue weighted by molar-refractivity contribution is 0.0308. The van der Waals surface area contributed by atoms with Crippen molar-refractivity contribution in [2.24, 2.45) is 0 Å². The predicted octanol–water partition coefficient (Wildman–Crippen LogP) is 3.14. The molecule has 0 radical (unpaired) electrons. The summed E-state index contributed by atoms with van der Waals surface area (Å²) in [6.07, 6.45) is 8.66. The summed E-state index contributed by atoms with van der Waals surface area (Å²) in [5, 5.41) is 19.8. The van der Waals surface area contributed by atoms with Gasteiger partial charge in [0.15, 0.2) is 11.5 Å². The van der Waals surface area contributed by atoms with Crippen LogP contribution >= 0.6 is 0 Å². The molecule has 2 N–H and O–H groups in total. The molecule has 4 rings (SSSR count). The van der Waals surface area contributed by atoms with Crippen molar-refractivity contribution in [1.29, 1.82) is 0 Å². The Labute approximate surface area is 120 Å². The number of phenolic OH excluding ortho intramolecular Hbond substituents is 2. The number of piperidine rings is 1. The number of hydrogen-bond acceptors (Lipinski definition) is 3. The minimum absolute atomic E-state index is 0.0360. The molecule has 1 aliphatic heterocycles. The van der Waals surface area contributed by atoms with Crippen LogP contribution in [0.15, 0.2) is 12.1 Å². The maximum atomic E-state index is 10.1. The maximum absolute atomic E-state index is 10.1. The van der Waals surface area contributed by atoms with Gasteiger partial charge < -0.3 is 10.2 Å². The summed E-state index contributed by atoms with van der Waals surface area (Å²) in [7, 11) is 0. The largest absolute Gasteiger partial charge is 0.504 e. The molecular formula is C17H23NO2. The highest BCUT2D eigenvalue weighted by Crippen LogP contribution is 2.47. The van der Waals surface area contributed by atoms with Crippen LogP contribution in [0.5, 0.6) is 11.5 Å². The lowest BCUT2D eigenvalue weighted by Gasteiger charge is -2.50. The number of nitrogens with zero attached hydrogens (tertiary/aromatic N) is 1. The minimum atomic E-state index is 0.0360. The number of fused-ring (bicyclic) bond motifs is 3. The number of likely N-dealkylation sites (tertiary alicyclic amines) is 1. The predicted molar refractivity (Wildman–Crippen MR) is 78.2 cm³/mol. The third kappa shape index (κ3) is 1.76. The molecule has 1 aromatic rings. The van der Waals surface area contributed by atoms with E-state index in [-0.39, 0.29) is 11.5 Å². The Morgan fingerprint density at radius 1 is 1.00 bits per heavy atom. The molecule has 3 nitrogen and oxygen atoms in total. The fourth-order valence-electron chi connectivity index (χ4n) is 4.53. The molecule has 2 aliphatic carbocycles. The molecule has 2 fully saturated rings. The second kappa shape index (κ2) is 4.66. The fraction of sp³-hybridized carbons (Fsp3) is 0.647. The Hall–Kier alpha value is -1.22. The molecule has 1 unspecified atom stereocenters. The summed E-state index contributed by atoms with van der Waals surface area (Å²) in [6, 6.07) is 5.19. The molecule has 0 aromatic heterocycles. The van der Waals surface area contributed by atoms with Gasteiger partial charge in [0.05, 0.1) is 0 Å². The van der Waals surface area contributed by atoms with Crippen molar-refractivity contribution < 1.29 is 10.2 Å². The standard InChI is InChI=1S/C17H23NO2/c19-16-9-7-12-13-5-2-10-18(11-3-1-4-11)15(13)8-6-14(12)17(16)20/h7,9,11,13,15,19-20H,1-6,8,10H2/t13-,15?/m0/s1. The van der Waals surface area contributed by atoms with E-state index < -0.39 is 0 Å². The molecule has 3 aliphatic rings. The van der Waals surface area contributed by atoms with E-state index in [0.29, 0.717) is 12.0 Å². The number of aromatic hydroxyl groups is 2. The Balaban J connectivity index is 1.68. The van der Waals surface area contributed by atoms with Crippen molar-refractivity contribution in [2.45, 2.75) is 62.9 Å². The van der Waals surface area contributed by atoms with Crippen LogP contribution in [0, 0.1) is 0 Å². The molecule has 3 heteroatoms. The average molecular weight is 273 g/mol. The van der Waals surface area contributed by atoms with E-state index in [9.17, 15) is 10.2 Å². The van der Waals surface area contributed by atoms with Gasteiger partial charge in [-0.15, -0.1) is 0 Å². The highest BCUT2D eigenvalue weighted by atomic mass is 16.3. The first kappa shape index (κ1) is 12.5. The summed E-state index contributed by atoms with van der Waals surface area (Å²) < 4.78 is 0. The molecular weight excluding hydrogens is 250 g/mol. The number of phenols is 2. The van der Waals surface area contributed by atoms with Gasteiger partial charge in [-0.05, 0) is 62.6 Å². The van der Waals surface area contributed by atoms with Crippen LogP contribution in [0.2, 0.25) is 0 Å². The highest BCUT2D eigenvalue weighted by Gasteiger charge is 2.41. The highest BCUT2D eigenvalue weighted by molar-refractivity contribution is 5.51. The van der Waals surface area contributed by atoms with Gasteiger partial charge in [-0.1, -0.05) is 12.5 Å². The summed E-state index contributed by atoms with van der Waals surface area (Å²) in [5.41, 5.74) is 2.29. The molecule has 1 saturated heterocycles. The zero-order valence-electron chi connectivity index (χ0n) is 11.9. The van der Waals surface area contributed by atoms with E-state index in [1.807, 2.05) is 6.07 Å². The van der Waals surface area contributed by atoms with Crippen molar-refractivity contribution in [1.82, 2.24) is 4.90 Å². The zero-order chi connectivity index (χ0) is 13.7. The first-order valence-corrected chi connectivity index (χ1v) is 8.05. The second-order valence-corrected chi connectivity index (χ2v) is 6.68. The van der Waals surface area contributed by atoms with Gasteiger partial charge in [-0.3, -0.25) is 4.90 Å². The van der Waals surface area contributed by atoms with Crippen molar-refractivity contribution >= 4 is 0 Å². The van der Waals surface area contributed by atoms with Gasteiger partial charge in [-0.2, -0.15) is 0 Å². The monoisotopic (exact) mass is 273 g/mol. The van der Waals surface area contributed by atoms with Gasteiger partial charge in [0.1, 0.15) is 0 Å². The molecule has 0 bridgehead atoms. The Morgan fingerprint density at radius 2 is 1.85 bits per heavy atom. The van der Waals surface area contributed by atoms with Crippen LogP contribution in [0.25, 0.3) is 0 Å². The minimum Gasteiger partial charge on any atom is -0.504 e. The zero-order valence-corrected chi connectivity index (χ0v) is 11.9. The van der Waals surface area contributed by atoms with E-state index in [1.54, 1.807) is 6.07 Å². The lowest BCUT2D eigenvalue weighted by atomic mass is 9.72. The quantitative estimate of drug-likeness (QED) is 0.773. The normalized spacial score (nSPS) is 30.4.